The van der Waals surface area contributed by atoms with Crippen molar-refractivity contribution in [2.45, 2.75) is 31.8 Å². The lowest BCUT2D eigenvalue weighted by Crippen LogP contribution is -2.17. The van der Waals surface area contributed by atoms with E-state index in [-0.39, 0.29) is 0 Å². The molecule has 0 amide bonds. The molecule has 1 fully saturated rings. The van der Waals surface area contributed by atoms with Gasteiger partial charge in [-0.2, -0.15) is 5.10 Å². The number of nitrogens with one attached hydrogen (secondary N) is 1. The Morgan fingerprint density at radius 3 is 2.78 bits per heavy atom. The Hall–Kier alpha value is -3.03. The predicted molar refractivity (Wildman–Crippen MR) is 129 cm³/mol. The van der Waals surface area contributed by atoms with Crippen molar-refractivity contribution in [1.29, 1.82) is 0 Å². The predicted octanol–water partition coefficient (Wildman–Crippen LogP) is 3.76. The zero-order valence-corrected chi connectivity index (χ0v) is 19.3. The maximum Gasteiger partial charge on any atom is 0.137 e. The molecule has 1 aliphatic heterocycles. The largest absolute Gasteiger partial charge is 0.361 e. The van der Waals surface area contributed by atoms with E-state index in [9.17, 15) is 0 Å². The van der Waals surface area contributed by atoms with E-state index in [1.165, 1.54) is 47.0 Å². The van der Waals surface area contributed by atoms with E-state index in [1.807, 2.05) is 23.1 Å². The summed E-state index contributed by atoms with van der Waals surface area (Å²) >= 11 is 0. The van der Waals surface area contributed by atoms with Crippen LogP contribution in [0.1, 0.15) is 35.6 Å². The number of aromatic amines is 1. The second kappa shape index (κ2) is 10.5. The fourth-order valence-electron chi connectivity index (χ4n) is 4.28. The fraction of sp³-hybridized carbons (Fsp3) is 0.400. The smallest absolute Gasteiger partial charge is 0.137 e. The van der Waals surface area contributed by atoms with Gasteiger partial charge in [0.2, 0.25) is 0 Å². The summed E-state index contributed by atoms with van der Waals surface area (Å²) in [5, 5.41) is 5.46. The highest BCUT2D eigenvalue weighted by Crippen LogP contribution is 2.29. The summed E-state index contributed by atoms with van der Waals surface area (Å²) in [6, 6.07) is 11.3. The van der Waals surface area contributed by atoms with E-state index >= 15 is 0 Å². The molecule has 1 aliphatic rings. The topological polar surface area (TPSA) is 65.9 Å². The molecule has 1 aromatic carbocycles. The van der Waals surface area contributed by atoms with Crippen LogP contribution in [0.25, 0.3) is 10.9 Å². The number of hydrogen-bond acceptors (Lipinski definition) is 5. The van der Waals surface area contributed by atoms with Crippen LogP contribution in [0.4, 0.5) is 0 Å². The van der Waals surface area contributed by atoms with Crippen molar-refractivity contribution in [3.63, 3.8) is 0 Å². The molecular formula is C25H33N7. The Bertz CT molecular complexity index is 1090. The molecule has 32 heavy (non-hydrogen) atoms. The maximum absolute atomic E-state index is 4.15. The number of pyridine rings is 1. The van der Waals surface area contributed by atoms with Gasteiger partial charge < -0.3 is 9.88 Å². The van der Waals surface area contributed by atoms with Crippen LogP contribution >= 0.6 is 0 Å². The Kier molecular flexibility index (Phi) is 7.29. The van der Waals surface area contributed by atoms with Gasteiger partial charge >= 0.3 is 0 Å². The number of hydrogen-bond donors (Lipinski definition) is 1. The van der Waals surface area contributed by atoms with E-state index in [2.05, 4.69) is 81.5 Å². The Morgan fingerprint density at radius 1 is 1.19 bits per heavy atom. The monoisotopic (exact) mass is 431 g/mol. The first-order valence-corrected chi connectivity index (χ1v) is 11.3. The van der Waals surface area contributed by atoms with Gasteiger partial charge in [0.05, 0.1) is 6.54 Å². The third-order valence-electron chi connectivity index (χ3n) is 6.06. The number of rotatable bonds is 6. The minimum absolute atomic E-state index is 0.610. The molecule has 1 saturated heterocycles. The molecular weight excluding hydrogens is 398 g/mol. The fourth-order valence-corrected chi connectivity index (χ4v) is 4.28. The van der Waals surface area contributed by atoms with Crippen molar-refractivity contribution in [3.05, 3.63) is 78.3 Å². The Balaban J connectivity index is 0.000000174. The molecule has 3 aromatic heterocycles. The van der Waals surface area contributed by atoms with Crippen LogP contribution in [0, 0.1) is 0 Å². The normalized spacial score (nSPS) is 16.4. The van der Waals surface area contributed by atoms with Crippen molar-refractivity contribution in [2.24, 2.45) is 0 Å². The summed E-state index contributed by atoms with van der Waals surface area (Å²) in [6.45, 7) is 3.04. The van der Waals surface area contributed by atoms with Crippen LogP contribution in [0.15, 0.2) is 61.6 Å². The highest BCUT2D eigenvalue weighted by molar-refractivity contribution is 5.83. The Labute approximate surface area is 190 Å². The van der Waals surface area contributed by atoms with Gasteiger partial charge in [0.1, 0.15) is 12.7 Å². The van der Waals surface area contributed by atoms with E-state index in [0.717, 1.165) is 19.5 Å². The SMILES string of the molecule is CN(C)CCc1c[nH]c2ccc(Cn3cncn3)cc12.CN1CCC[C@H]1c1cccnc1. The molecule has 0 unspecified atom stereocenters. The molecule has 1 atom stereocenters. The van der Waals surface area contributed by atoms with Gasteiger partial charge in [0, 0.05) is 42.1 Å². The highest BCUT2D eigenvalue weighted by atomic mass is 15.3. The highest BCUT2D eigenvalue weighted by Gasteiger charge is 2.22. The molecule has 0 saturated carbocycles. The first-order chi connectivity index (χ1) is 15.6. The van der Waals surface area contributed by atoms with Crippen molar-refractivity contribution in [3.8, 4) is 0 Å². The van der Waals surface area contributed by atoms with E-state index in [0.29, 0.717) is 6.04 Å². The quantitative estimate of drug-likeness (QED) is 0.504. The first kappa shape index (κ1) is 22.2. The molecule has 1 N–H and O–H groups in total. The lowest BCUT2D eigenvalue weighted by atomic mass is 10.1. The number of likely N-dealkylation sites (tertiary alicyclic amines) is 1. The summed E-state index contributed by atoms with van der Waals surface area (Å²) in [7, 11) is 6.39. The number of aromatic nitrogens is 5. The third kappa shape index (κ3) is 5.60. The number of H-pyrrole nitrogens is 1. The van der Waals surface area contributed by atoms with Crippen molar-refractivity contribution >= 4 is 10.9 Å². The summed E-state index contributed by atoms with van der Waals surface area (Å²) in [4.78, 5) is 16.1. The van der Waals surface area contributed by atoms with Gasteiger partial charge in [0.15, 0.2) is 0 Å². The maximum atomic E-state index is 4.15. The molecule has 4 aromatic rings. The van der Waals surface area contributed by atoms with Crippen LogP contribution < -0.4 is 0 Å². The summed E-state index contributed by atoms with van der Waals surface area (Å²) < 4.78 is 1.84. The van der Waals surface area contributed by atoms with Crippen LogP contribution in [0.5, 0.6) is 0 Å². The minimum atomic E-state index is 0.610. The molecule has 7 heteroatoms. The lowest BCUT2D eigenvalue weighted by molar-refractivity contribution is 0.317. The van der Waals surface area contributed by atoms with Gasteiger partial charge in [0.25, 0.3) is 0 Å². The number of fused-ring (bicyclic) bond motifs is 1. The summed E-state index contributed by atoms with van der Waals surface area (Å²) in [6.07, 6.45) is 12.9. The van der Waals surface area contributed by atoms with E-state index < -0.39 is 0 Å². The molecule has 0 bridgehead atoms. The van der Waals surface area contributed by atoms with E-state index in [4.69, 9.17) is 0 Å². The van der Waals surface area contributed by atoms with Crippen LogP contribution in [-0.2, 0) is 13.0 Å². The lowest BCUT2D eigenvalue weighted by Gasteiger charge is -2.18. The zero-order valence-electron chi connectivity index (χ0n) is 19.3. The van der Waals surface area contributed by atoms with Gasteiger partial charge in [-0.25, -0.2) is 9.67 Å². The molecule has 4 heterocycles. The van der Waals surface area contributed by atoms with Crippen LogP contribution in [0.3, 0.4) is 0 Å². The average Bonchev–Trinajstić information content (AvgIpc) is 3.55. The van der Waals surface area contributed by atoms with Crippen molar-refractivity contribution in [2.75, 3.05) is 34.2 Å². The molecule has 5 rings (SSSR count). The standard InChI is InChI=1S/C15H19N5.C10H14N2/c1-19(2)6-5-13-8-17-15-4-3-12(7-14(13)15)9-20-11-16-10-18-20;1-12-7-3-5-10(12)9-4-2-6-11-8-9/h3-4,7-8,10-11,17H,5-6,9H2,1-2H3;2,4,6,8,10H,3,5,7H2,1H3/t;10-/m.0/s1. The summed E-state index contributed by atoms with van der Waals surface area (Å²) in [5.41, 5.74) is 5.17. The number of benzene rings is 1. The van der Waals surface area contributed by atoms with Gasteiger partial charge in [-0.3, -0.25) is 9.88 Å². The average molecular weight is 432 g/mol. The van der Waals surface area contributed by atoms with Gasteiger partial charge in [-0.15, -0.1) is 0 Å². The van der Waals surface area contributed by atoms with Gasteiger partial charge in [-0.05, 0) is 81.8 Å². The second-order valence-corrected chi connectivity index (χ2v) is 8.77. The molecule has 0 spiro atoms. The number of nitrogens with zero attached hydrogens (tertiary/aromatic N) is 6. The molecule has 0 aliphatic carbocycles. The third-order valence-corrected chi connectivity index (χ3v) is 6.06. The minimum Gasteiger partial charge on any atom is -0.361 e. The zero-order chi connectivity index (χ0) is 22.3. The van der Waals surface area contributed by atoms with Crippen LogP contribution in [0.2, 0.25) is 0 Å². The molecule has 0 radical (unpaired) electrons. The molecule has 7 nitrogen and oxygen atoms in total. The van der Waals surface area contributed by atoms with Gasteiger partial charge in [-0.1, -0.05) is 12.1 Å². The second-order valence-electron chi connectivity index (χ2n) is 8.77. The van der Waals surface area contributed by atoms with E-state index in [1.54, 1.807) is 12.7 Å². The first-order valence-electron chi connectivity index (χ1n) is 11.3. The number of likely N-dealkylation sites (N-methyl/N-ethyl adjacent to an activating group) is 1. The Morgan fingerprint density at radius 2 is 2.09 bits per heavy atom. The van der Waals surface area contributed by atoms with Crippen molar-refractivity contribution < 1.29 is 0 Å². The van der Waals surface area contributed by atoms with Crippen LogP contribution in [-0.4, -0.2) is 68.8 Å². The molecule has 168 valence electrons. The summed E-state index contributed by atoms with van der Waals surface area (Å²) in [5.74, 6) is 0. The van der Waals surface area contributed by atoms with Crippen molar-refractivity contribution in [1.82, 2.24) is 34.5 Å².